The summed E-state index contributed by atoms with van der Waals surface area (Å²) in [6, 6.07) is 44.2. The minimum atomic E-state index is -1.01. The highest BCUT2D eigenvalue weighted by Crippen LogP contribution is 2.33. The molecule has 5 atom stereocenters. The number of carbonyl (C=O) groups excluding carboxylic acids is 1. The van der Waals surface area contributed by atoms with Crippen molar-refractivity contribution in [3.05, 3.63) is 162 Å². The number of rotatable bonds is 14. The van der Waals surface area contributed by atoms with Crippen LogP contribution in [0.5, 0.6) is 5.75 Å². The van der Waals surface area contributed by atoms with E-state index in [0.29, 0.717) is 11.3 Å². The number of amides is 1. The number of hydrogen-bond donors (Lipinski definition) is 1. The average molecular weight is 662 g/mol. The Bertz CT molecular complexity index is 1740. The summed E-state index contributed by atoms with van der Waals surface area (Å²) in [6.45, 7) is -0.0454. The van der Waals surface area contributed by atoms with Gasteiger partial charge in [0, 0.05) is 12.6 Å². The summed E-state index contributed by atoms with van der Waals surface area (Å²) in [5, 5.41) is 2.66. The van der Waals surface area contributed by atoms with E-state index in [0.717, 1.165) is 27.8 Å². The van der Waals surface area contributed by atoms with E-state index in [4.69, 9.17) is 23.7 Å². The van der Waals surface area contributed by atoms with Crippen molar-refractivity contribution < 1.29 is 32.9 Å². The van der Waals surface area contributed by atoms with Crippen molar-refractivity contribution in [1.29, 1.82) is 0 Å². The van der Waals surface area contributed by atoms with E-state index in [-0.39, 0.29) is 25.7 Å². The summed E-state index contributed by atoms with van der Waals surface area (Å²) in [5.41, 5.74) is 5.22. The van der Waals surface area contributed by atoms with E-state index in [1.807, 2.05) is 133 Å². The summed E-state index contributed by atoms with van der Waals surface area (Å²) in [6.07, 6.45) is -4.29. The molecule has 0 unspecified atom stereocenters. The predicted molar refractivity (Wildman–Crippen MR) is 186 cm³/mol. The zero-order chi connectivity index (χ0) is 33.8. The molecule has 5 aromatic rings. The minimum absolute atomic E-state index is 0.157. The van der Waals surface area contributed by atoms with Crippen molar-refractivity contribution >= 4 is 5.91 Å². The van der Waals surface area contributed by atoms with Crippen LogP contribution in [0.2, 0.25) is 0 Å². The smallest absolute Gasteiger partial charge is 0.251 e. The van der Waals surface area contributed by atoms with Gasteiger partial charge >= 0.3 is 0 Å². The fraction of sp³-hybridized carbons (Fsp3) is 0.244. The first-order valence-corrected chi connectivity index (χ1v) is 16.4. The molecule has 1 saturated heterocycles. The lowest BCUT2D eigenvalue weighted by molar-refractivity contribution is -0.305. The lowest BCUT2D eigenvalue weighted by Crippen LogP contribution is -2.62. The van der Waals surface area contributed by atoms with Gasteiger partial charge in [-0.2, -0.15) is 0 Å². The SMILES string of the molecule is CNC(=O)c1cccc(-c2ccc(O[C@H]3O[C@H](CF)[C@@H](OCc4ccccc4)[C@H](OCc4ccccc4)[C@@H]3OCc3ccccc3)cc2)c1. The molecule has 1 fully saturated rings. The second-order valence-corrected chi connectivity index (χ2v) is 11.8. The Morgan fingerprint density at radius 2 is 1.16 bits per heavy atom. The molecule has 1 amide bonds. The molecule has 6 rings (SSSR count). The zero-order valence-electron chi connectivity index (χ0n) is 27.3. The van der Waals surface area contributed by atoms with E-state index in [1.54, 1.807) is 13.1 Å². The molecular formula is C41H40FNO6. The maximum Gasteiger partial charge on any atom is 0.251 e. The van der Waals surface area contributed by atoms with Gasteiger partial charge in [0.2, 0.25) is 6.29 Å². The first-order valence-electron chi connectivity index (χ1n) is 16.4. The molecule has 1 heterocycles. The molecule has 8 heteroatoms. The number of carbonyl (C=O) groups is 1. The van der Waals surface area contributed by atoms with Crippen LogP contribution in [0.15, 0.2) is 140 Å². The van der Waals surface area contributed by atoms with Gasteiger partial charge in [0.05, 0.1) is 19.8 Å². The van der Waals surface area contributed by atoms with Crippen molar-refractivity contribution in [3.63, 3.8) is 0 Å². The van der Waals surface area contributed by atoms with E-state index in [2.05, 4.69) is 5.32 Å². The summed E-state index contributed by atoms with van der Waals surface area (Å²) in [4.78, 5) is 12.2. The summed E-state index contributed by atoms with van der Waals surface area (Å²) in [7, 11) is 1.60. The Hall–Kier alpha value is -4.86. The van der Waals surface area contributed by atoms with Crippen molar-refractivity contribution in [3.8, 4) is 16.9 Å². The zero-order valence-corrected chi connectivity index (χ0v) is 27.3. The van der Waals surface area contributed by atoms with Crippen molar-refractivity contribution in [2.75, 3.05) is 13.7 Å². The molecule has 5 aromatic carbocycles. The van der Waals surface area contributed by atoms with E-state index >= 15 is 0 Å². The maximum absolute atomic E-state index is 14.9. The molecule has 252 valence electrons. The van der Waals surface area contributed by atoms with Crippen molar-refractivity contribution in [1.82, 2.24) is 5.32 Å². The summed E-state index contributed by atoms with van der Waals surface area (Å²) >= 11 is 0. The third-order valence-electron chi connectivity index (χ3n) is 8.39. The van der Waals surface area contributed by atoms with Gasteiger partial charge in [-0.05, 0) is 52.1 Å². The molecule has 0 radical (unpaired) electrons. The highest BCUT2D eigenvalue weighted by atomic mass is 19.1. The van der Waals surface area contributed by atoms with Crippen LogP contribution in [0.3, 0.4) is 0 Å². The molecule has 1 N–H and O–H groups in total. The number of alkyl halides is 1. The van der Waals surface area contributed by atoms with Gasteiger partial charge in [-0.25, -0.2) is 4.39 Å². The van der Waals surface area contributed by atoms with E-state index in [9.17, 15) is 9.18 Å². The maximum atomic E-state index is 14.9. The highest BCUT2D eigenvalue weighted by molar-refractivity contribution is 5.95. The van der Waals surface area contributed by atoms with E-state index in [1.165, 1.54) is 0 Å². The Morgan fingerprint density at radius 3 is 1.69 bits per heavy atom. The van der Waals surface area contributed by atoms with Crippen LogP contribution in [-0.4, -0.2) is 50.3 Å². The molecule has 0 saturated carbocycles. The van der Waals surface area contributed by atoms with Crippen LogP contribution >= 0.6 is 0 Å². The van der Waals surface area contributed by atoms with Crippen LogP contribution in [0, 0.1) is 0 Å². The van der Waals surface area contributed by atoms with Crippen molar-refractivity contribution in [2.24, 2.45) is 0 Å². The van der Waals surface area contributed by atoms with Gasteiger partial charge in [-0.1, -0.05) is 115 Å². The number of nitrogens with one attached hydrogen (secondary N) is 1. The first-order chi connectivity index (χ1) is 24.1. The Morgan fingerprint density at radius 1 is 0.633 bits per heavy atom. The van der Waals surface area contributed by atoms with E-state index < -0.39 is 37.4 Å². The van der Waals surface area contributed by atoms with Crippen LogP contribution in [0.1, 0.15) is 27.0 Å². The standard InChI is InChI=1S/C41H40FNO6/c1-43-40(44)34-19-11-18-33(24-34)32-20-22-35(23-21-32)48-41-39(47-28-31-16-9-4-10-17-31)38(46-27-30-14-7-3-8-15-30)37(36(25-42)49-41)45-26-29-12-5-2-6-13-29/h2-24,36-39,41H,25-28H2,1H3,(H,43,44)/t36-,37-,38+,39+,41+/m1/s1. The molecule has 7 nitrogen and oxygen atoms in total. The van der Waals surface area contributed by atoms with Crippen LogP contribution in [0.25, 0.3) is 11.1 Å². The number of halogens is 1. The normalized spacial score (nSPS) is 20.4. The van der Waals surface area contributed by atoms with Gasteiger partial charge < -0.3 is 29.0 Å². The van der Waals surface area contributed by atoms with Crippen LogP contribution in [0.4, 0.5) is 4.39 Å². The molecule has 0 spiro atoms. The number of hydrogen-bond acceptors (Lipinski definition) is 6. The third kappa shape index (κ3) is 8.99. The fourth-order valence-electron chi connectivity index (χ4n) is 5.81. The molecule has 0 bridgehead atoms. The lowest BCUT2D eigenvalue weighted by atomic mass is 9.98. The van der Waals surface area contributed by atoms with Gasteiger partial charge in [0.25, 0.3) is 5.91 Å². The quantitative estimate of drug-likeness (QED) is 0.133. The largest absolute Gasteiger partial charge is 0.462 e. The first kappa shape index (κ1) is 34.0. The Balaban J connectivity index is 1.28. The Labute approximate surface area is 286 Å². The minimum Gasteiger partial charge on any atom is -0.462 e. The third-order valence-corrected chi connectivity index (χ3v) is 8.39. The Kier molecular flexibility index (Phi) is 11.8. The monoisotopic (exact) mass is 661 g/mol. The summed E-state index contributed by atoms with van der Waals surface area (Å²) in [5.74, 6) is 0.350. The molecule has 49 heavy (non-hydrogen) atoms. The predicted octanol–water partition coefficient (Wildman–Crippen LogP) is 7.54. The van der Waals surface area contributed by atoms with Crippen molar-refractivity contribution in [2.45, 2.75) is 50.5 Å². The topological polar surface area (TPSA) is 75.3 Å². The fourth-order valence-corrected chi connectivity index (χ4v) is 5.81. The molecule has 0 aromatic heterocycles. The molecular weight excluding hydrogens is 621 g/mol. The van der Waals surface area contributed by atoms with Crippen LogP contribution < -0.4 is 10.1 Å². The van der Waals surface area contributed by atoms with Gasteiger partial charge in [-0.3, -0.25) is 4.79 Å². The van der Waals surface area contributed by atoms with Gasteiger partial charge in [0.1, 0.15) is 36.8 Å². The van der Waals surface area contributed by atoms with Crippen LogP contribution in [-0.2, 0) is 38.8 Å². The number of benzene rings is 5. The van der Waals surface area contributed by atoms with Gasteiger partial charge in [-0.15, -0.1) is 0 Å². The second-order valence-electron chi connectivity index (χ2n) is 11.8. The molecule has 0 aliphatic carbocycles. The lowest BCUT2D eigenvalue weighted by Gasteiger charge is -2.45. The average Bonchev–Trinajstić information content (AvgIpc) is 3.17. The number of ether oxygens (including phenoxy) is 5. The molecule has 1 aliphatic rings. The van der Waals surface area contributed by atoms with Gasteiger partial charge in [0.15, 0.2) is 0 Å². The summed E-state index contributed by atoms with van der Waals surface area (Å²) < 4.78 is 47.1. The second kappa shape index (κ2) is 17.0. The highest BCUT2D eigenvalue weighted by Gasteiger charge is 2.49. The molecule has 1 aliphatic heterocycles.